The lowest BCUT2D eigenvalue weighted by Gasteiger charge is -2.07. The zero-order valence-corrected chi connectivity index (χ0v) is 12.2. The van der Waals surface area contributed by atoms with Crippen LogP contribution in [0.4, 0.5) is 0 Å². The summed E-state index contributed by atoms with van der Waals surface area (Å²) < 4.78 is 0. The van der Waals surface area contributed by atoms with Gasteiger partial charge in [-0.05, 0) is 12.5 Å². The van der Waals surface area contributed by atoms with Crippen LogP contribution in [-0.2, 0) is 11.3 Å². The van der Waals surface area contributed by atoms with Gasteiger partial charge in [-0.2, -0.15) is 0 Å². The molecule has 0 saturated carbocycles. The van der Waals surface area contributed by atoms with E-state index in [4.69, 9.17) is 0 Å². The number of aryl methyl sites for hydroxylation is 1. The Kier molecular flexibility index (Phi) is 4.68. The first-order valence-electron chi connectivity index (χ1n) is 6.36. The molecule has 1 aromatic carbocycles. The molecule has 1 aromatic heterocycles. The van der Waals surface area contributed by atoms with E-state index >= 15 is 0 Å². The molecular formula is C14H16N2O3S. The lowest BCUT2D eigenvalue weighted by atomic mass is 10.0. The van der Waals surface area contributed by atoms with Crippen molar-refractivity contribution in [2.75, 3.05) is 6.61 Å². The second-order valence-corrected chi connectivity index (χ2v) is 5.62. The number of benzene rings is 1. The average molecular weight is 292 g/mol. The molecule has 6 heteroatoms. The molecule has 0 bridgehead atoms. The minimum absolute atomic E-state index is 0.0786. The molecule has 0 aliphatic heterocycles. The summed E-state index contributed by atoms with van der Waals surface area (Å²) in [6.07, 6.45) is 0.520. The number of rotatable bonds is 6. The van der Waals surface area contributed by atoms with Crippen molar-refractivity contribution in [1.82, 2.24) is 4.98 Å². The summed E-state index contributed by atoms with van der Waals surface area (Å²) in [5.74, 6) is 0.227. The van der Waals surface area contributed by atoms with Crippen LogP contribution in [0.25, 0.3) is 0 Å². The first-order valence-corrected chi connectivity index (χ1v) is 7.18. The summed E-state index contributed by atoms with van der Waals surface area (Å²) in [6.45, 7) is 4.12. The van der Waals surface area contributed by atoms with E-state index in [0.717, 1.165) is 15.6 Å². The number of nitrogens with zero attached hydrogens (tertiary/aromatic N) is 2. The van der Waals surface area contributed by atoms with E-state index in [1.165, 1.54) is 5.56 Å². The Morgan fingerprint density at radius 3 is 2.75 bits per heavy atom. The van der Waals surface area contributed by atoms with Gasteiger partial charge in [0, 0.05) is 17.2 Å². The SMILES string of the molecule is Cc1nc(C(C)c2ccccc2)sc1CCO[N+](=O)[O-]. The third-order valence-corrected chi connectivity index (χ3v) is 4.50. The summed E-state index contributed by atoms with van der Waals surface area (Å²) in [6, 6.07) is 10.2. The standard InChI is InChI=1S/C14H16N2O3S/c1-10(12-6-4-3-5-7-12)14-15-11(2)13(20-14)8-9-19-16(17)18/h3-7,10H,8-9H2,1-2H3. The van der Waals surface area contributed by atoms with Crippen molar-refractivity contribution in [2.24, 2.45) is 0 Å². The van der Waals surface area contributed by atoms with Gasteiger partial charge in [0.1, 0.15) is 11.6 Å². The highest BCUT2D eigenvalue weighted by Crippen LogP contribution is 2.29. The number of hydrogen-bond acceptors (Lipinski definition) is 5. The largest absolute Gasteiger partial charge is 0.314 e. The lowest BCUT2D eigenvalue weighted by Crippen LogP contribution is -2.04. The Balaban J connectivity index is 2.08. The van der Waals surface area contributed by atoms with Crippen molar-refractivity contribution >= 4 is 11.3 Å². The molecule has 1 heterocycles. The van der Waals surface area contributed by atoms with Gasteiger partial charge in [0.15, 0.2) is 0 Å². The van der Waals surface area contributed by atoms with E-state index in [-0.39, 0.29) is 12.5 Å². The van der Waals surface area contributed by atoms with E-state index in [1.54, 1.807) is 11.3 Å². The van der Waals surface area contributed by atoms with Gasteiger partial charge < -0.3 is 4.84 Å². The summed E-state index contributed by atoms with van der Waals surface area (Å²) in [5, 5.41) is 10.4. The van der Waals surface area contributed by atoms with Crippen LogP contribution in [0.3, 0.4) is 0 Å². The number of hydrogen-bond donors (Lipinski definition) is 0. The Hall–Kier alpha value is -1.95. The van der Waals surface area contributed by atoms with Crippen LogP contribution in [0.2, 0.25) is 0 Å². The average Bonchev–Trinajstić information content (AvgIpc) is 2.80. The monoisotopic (exact) mass is 292 g/mol. The zero-order valence-electron chi connectivity index (χ0n) is 11.4. The van der Waals surface area contributed by atoms with Crippen molar-refractivity contribution in [3.63, 3.8) is 0 Å². The van der Waals surface area contributed by atoms with Crippen LogP contribution in [0.5, 0.6) is 0 Å². The van der Waals surface area contributed by atoms with Gasteiger partial charge in [-0.25, -0.2) is 4.98 Å². The molecule has 5 nitrogen and oxygen atoms in total. The predicted octanol–water partition coefficient (Wildman–Crippen LogP) is 3.35. The Morgan fingerprint density at radius 2 is 2.10 bits per heavy atom. The van der Waals surface area contributed by atoms with Gasteiger partial charge in [0.05, 0.1) is 5.69 Å². The minimum atomic E-state index is -0.760. The molecule has 0 fully saturated rings. The second kappa shape index (κ2) is 6.47. The fourth-order valence-corrected chi connectivity index (χ4v) is 3.09. The van der Waals surface area contributed by atoms with Gasteiger partial charge in [-0.1, -0.05) is 37.3 Å². The van der Waals surface area contributed by atoms with Crippen LogP contribution in [0.1, 0.15) is 34.0 Å². The zero-order chi connectivity index (χ0) is 14.5. The maximum atomic E-state index is 10.1. The molecule has 1 atom stereocenters. The maximum absolute atomic E-state index is 10.1. The van der Waals surface area contributed by atoms with Gasteiger partial charge in [-0.15, -0.1) is 21.5 Å². The first kappa shape index (κ1) is 14.5. The van der Waals surface area contributed by atoms with Crippen molar-refractivity contribution in [2.45, 2.75) is 26.2 Å². The smallest absolute Gasteiger partial charge is 0.294 e. The quantitative estimate of drug-likeness (QED) is 0.605. The van der Waals surface area contributed by atoms with E-state index in [2.05, 4.69) is 28.9 Å². The molecule has 0 aliphatic rings. The second-order valence-electron chi connectivity index (χ2n) is 4.50. The normalized spacial score (nSPS) is 12.1. The van der Waals surface area contributed by atoms with E-state index in [9.17, 15) is 10.1 Å². The molecule has 0 saturated heterocycles. The Bertz CT molecular complexity index is 583. The summed E-state index contributed by atoms with van der Waals surface area (Å²) >= 11 is 1.60. The molecule has 0 radical (unpaired) electrons. The van der Waals surface area contributed by atoms with Gasteiger partial charge in [-0.3, -0.25) is 0 Å². The predicted molar refractivity (Wildman–Crippen MR) is 77.5 cm³/mol. The fraction of sp³-hybridized carbons (Fsp3) is 0.357. The molecule has 0 aliphatic carbocycles. The Morgan fingerprint density at radius 1 is 1.40 bits per heavy atom. The van der Waals surface area contributed by atoms with Crippen LogP contribution in [0.15, 0.2) is 30.3 Å². The van der Waals surface area contributed by atoms with Crippen molar-refractivity contribution in [3.8, 4) is 0 Å². The van der Waals surface area contributed by atoms with Gasteiger partial charge in [0.2, 0.25) is 0 Å². The highest BCUT2D eigenvalue weighted by molar-refractivity contribution is 7.11. The molecule has 0 spiro atoms. The number of thiazole rings is 1. The number of aromatic nitrogens is 1. The molecule has 0 N–H and O–H groups in total. The summed E-state index contributed by atoms with van der Waals surface area (Å²) in [7, 11) is 0. The van der Waals surface area contributed by atoms with Crippen LogP contribution >= 0.6 is 11.3 Å². The third-order valence-electron chi connectivity index (χ3n) is 3.11. The first-order chi connectivity index (χ1) is 9.58. The lowest BCUT2D eigenvalue weighted by molar-refractivity contribution is -0.757. The van der Waals surface area contributed by atoms with E-state index in [0.29, 0.717) is 6.42 Å². The Labute approximate surface area is 121 Å². The highest BCUT2D eigenvalue weighted by Gasteiger charge is 2.15. The summed E-state index contributed by atoms with van der Waals surface area (Å²) in [4.78, 5) is 20.1. The molecule has 1 unspecified atom stereocenters. The van der Waals surface area contributed by atoms with E-state index < -0.39 is 5.09 Å². The maximum Gasteiger partial charge on any atom is 0.294 e. The van der Waals surface area contributed by atoms with Crippen LogP contribution < -0.4 is 0 Å². The summed E-state index contributed by atoms with van der Waals surface area (Å²) in [5.41, 5.74) is 2.15. The molecule has 20 heavy (non-hydrogen) atoms. The van der Waals surface area contributed by atoms with Crippen molar-refractivity contribution in [1.29, 1.82) is 0 Å². The third kappa shape index (κ3) is 3.54. The molecule has 2 aromatic rings. The molecule has 0 amide bonds. The van der Waals surface area contributed by atoms with Crippen LogP contribution in [0, 0.1) is 17.0 Å². The van der Waals surface area contributed by atoms with Crippen LogP contribution in [-0.4, -0.2) is 16.7 Å². The molecular weight excluding hydrogens is 276 g/mol. The van der Waals surface area contributed by atoms with Crippen molar-refractivity contribution in [3.05, 3.63) is 61.6 Å². The topological polar surface area (TPSA) is 65.3 Å². The van der Waals surface area contributed by atoms with Gasteiger partial charge >= 0.3 is 0 Å². The molecule has 2 rings (SSSR count). The molecule has 106 valence electrons. The highest BCUT2D eigenvalue weighted by atomic mass is 32.1. The fourth-order valence-electron chi connectivity index (χ4n) is 1.96. The van der Waals surface area contributed by atoms with Gasteiger partial charge in [0.25, 0.3) is 5.09 Å². The van der Waals surface area contributed by atoms with E-state index in [1.807, 2.05) is 25.1 Å². The minimum Gasteiger partial charge on any atom is -0.314 e. The van der Waals surface area contributed by atoms with Crippen molar-refractivity contribution < 1.29 is 9.92 Å².